The number of H-pyrrole nitrogens is 1. The van der Waals surface area contributed by atoms with Crippen LogP contribution in [0.15, 0.2) is 16.9 Å². The molecule has 0 aliphatic heterocycles. The largest absolute Gasteiger partial charge is 0.493 e. The molecule has 0 aromatic carbocycles. The fourth-order valence-electron chi connectivity index (χ4n) is 3.76. The van der Waals surface area contributed by atoms with Crippen LogP contribution in [0.3, 0.4) is 0 Å². The van der Waals surface area contributed by atoms with Crippen LogP contribution in [0.5, 0.6) is 5.88 Å². The minimum atomic E-state index is -1.30. The van der Waals surface area contributed by atoms with Crippen molar-refractivity contribution >= 4 is 11.9 Å². The van der Waals surface area contributed by atoms with Crippen molar-refractivity contribution in [3.63, 3.8) is 0 Å². The predicted octanol–water partition coefficient (Wildman–Crippen LogP) is 1.29. The van der Waals surface area contributed by atoms with Crippen LogP contribution in [-0.4, -0.2) is 37.8 Å². The summed E-state index contributed by atoms with van der Waals surface area (Å²) in [5.74, 6) is -0.222. The molecule has 2 atom stereocenters. The van der Waals surface area contributed by atoms with Crippen molar-refractivity contribution in [2.45, 2.75) is 46.8 Å². The summed E-state index contributed by atoms with van der Waals surface area (Å²) >= 11 is 0. The summed E-state index contributed by atoms with van der Waals surface area (Å²) in [6.07, 6.45) is 7.61. The zero-order valence-corrected chi connectivity index (χ0v) is 15.8. The van der Waals surface area contributed by atoms with E-state index in [0.717, 1.165) is 4.57 Å². The molecule has 8 heteroatoms. The maximum atomic E-state index is 12.2. The Bertz CT molecular complexity index is 883. The summed E-state index contributed by atoms with van der Waals surface area (Å²) in [7, 11) is 0. The molecule has 146 valence electrons. The van der Waals surface area contributed by atoms with Gasteiger partial charge in [-0.3, -0.25) is 14.3 Å². The highest BCUT2D eigenvalue weighted by Crippen LogP contribution is 2.71. The summed E-state index contributed by atoms with van der Waals surface area (Å²) in [5.41, 5.74) is -2.49. The third kappa shape index (κ3) is 3.37. The third-order valence-corrected chi connectivity index (χ3v) is 5.30. The van der Waals surface area contributed by atoms with E-state index in [1.165, 1.54) is 12.2 Å². The molecule has 0 radical (unpaired) electrons. The van der Waals surface area contributed by atoms with Crippen LogP contribution in [-0.2, 0) is 27.3 Å². The fourth-order valence-corrected chi connectivity index (χ4v) is 3.76. The summed E-state index contributed by atoms with van der Waals surface area (Å²) in [4.78, 5) is 38.1. The molecule has 0 saturated heterocycles. The number of ether oxygens (including phenoxy) is 1. The van der Waals surface area contributed by atoms with Gasteiger partial charge in [0.2, 0.25) is 5.88 Å². The van der Waals surface area contributed by atoms with Crippen LogP contribution < -0.4 is 5.69 Å². The van der Waals surface area contributed by atoms with Crippen molar-refractivity contribution in [2.75, 3.05) is 0 Å². The second-order valence-corrected chi connectivity index (χ2v) is 7.51. The molecule has 1 aromatic heterocycles. The lowest BCUT2D eigenvalue weighted by Crippen LogP contribution is -2.27. The Labute approximate surface area is 156 Å². The SMILES string of the molecule is C#CCn1c(CC2(C(=O)O)C(C=CC(=O)OC(C)C)C2(C)C)c(O)[nH]c1=O. The summed E-state index contributed by atoms with van der Waals surface area (Å²) in [6, 6.07) is 0. The number of aliphatic carboxylic acids is 1. The summed E-state index contributed by atoms with van der Waals surface area (Å²) < 4.78 is 6.17. The molecule has 1 fully saturated rings. The molecule has 27 heavy (non-hydrogen) atoms. The molecule has 0 amide bonds. The number of terminal acetylenes is 1. The number of aromatic amines is 1. The van der Waals surface area contributed by atoms with Crippen molar-refractivity contribution in [3.05, 3.63) is 28.3 Å². The topological polar surface area (TPSA) is 122 Å². The maximum absolute atomic E-state index is 12.2. The number of nitrogens with zero attached hydrogens (tertiary/aromatic N) is 1. The molecule has 0 spiro atoms. The number of allylic oxidation sites excluding steroid dienone is 1. The number of aromatic nitrogens is 2. The molecule has 2 unspecified atom stereocenters. The summed E-state index contributed by atoms with van der Waals surface area (Å²) in [6.45, 7) is 6.86. The standard InChI is InChI=1S/C19H24N2O6/c1-6-9-21-12(15(23)20-17(21)26)10-19(16(24)25)13(18(19,4)5)7-8-14(22)27-11(2)3/h1,7-8,11,13,23H,9-10H2,2-5H3,(H,20,26)(H,24,25). The van der Waals surface area contributed by atoms with E-state index >= 15 is 0 Å². The molecule has 1 aliphatic carbocycles. The van der Waals surface area contributed by atoms with Gasteiger partial charge in [0.05, 0.1) is 23.8 Å². The van der Waals surface area contributed by atoms with Gasteiger partial charge < -0.3 is 14.9 Å². The second-order valence-electron chi connectivity index (χ2n) is 7.51. The second kappa shape index (κ2) is 6.99. The van der Waals surface area contributed by atoms with Crippen LogP contribution >= 0.6 is 0 Å². The van der Waals surface area contributed by atoms with Crippen molar-refractivity contribution in [3.8, 4) is 18.2 Å². The minimum absolute atomic E-state index is 0.0947. The van der Waals surface area contributed by atoms with Gasteiger partial charge in [-0.15, -0.1) is 6.42 Å². The first-order valence-corrected chi connectivity index (χ1v) is 8.55. The lowest BCUT2D eigenvalue weighted by molar-refractivity contribution is -0.145. The van der Waals surface area contributed by atoms with E-state index in [4.69, 9.17) is 11.2 Å². The van der Waals surface area contributed by atoms with E-state index in [9.17, 15) is 24.6 Å². The lowest BCUT2D eigenvalue weighted by atomic mass is 9.90. The fraction of sp³-hybridized carbons (Fsp3) is 0.526. The molecular weight excluding hydrogens is 352 g/mol. The first kappa shape index (κ1) is 20.4. The van der Waals surface area contributed by atoms with Crippen LogP contribution in [0.1, 0.15) is 33.4 Å². The smallest absolute Gasteiger partial charge is 0.330 e. The van der Waals surface area contributed by atoms with Crippen molar-refractivity contribution in [2.24, 2.45) is 16.7 Å². The van der Waals surface area contributed by atoms with Crippen LogP contribution in [0, 0.1) is 29.1 Å². The average Bonchev–Trinajstić information content (AvgIpc) is 2.89. The normalized spacial score (nSPS) is 23.3. The van der Waals surface area contributed by atoms with Crippen molar-refractivity contribution in [1.82, 2.24) is 9.55 Å². The number of rotatable bonds is 7. The van der Waals surface area contributed by atoms with Gasteiger partial charge >= 0.3 is 17.6 Å². The maximum Gasteiger partial charge on any atom is 0.330 e. The number of carboxylic acids is 1. The number of carbonyl (C=O) groups is 2. The Morgan fingerprint density at radius 2 is 2.07 bits per heavy atom. The Kier molecular flexibility index (Phi) is 5.27. The Hall–Kier alpha value is -2.95. The number of nitrogens with one attached hydrogen (secondary N) is 1. The van der Waals surface area contributed by atoms with Gasteiger partial charge in [0.15, 0.2) is 0 Å². The molecule has 1 saturated carbocycles. The van der Waals surface area contributed by atoms with Crippen molar-refractivity contribution in [1.29, 1.82) is 0 Å². The highest BCUT2D eigenvalue weighted by atomic mass is 16.5. The number of carbonyl (C=O) groups excluding carboxylic acids is 1. The van der Waals surface area contributed by atoms with Gasteiger partial charge in [0.25, 0.3) is 0 Å². The highest BCUT2D eigenvalue weighted by molar-refractivity contribution is 5.85. The van der Waals surface area contributed by atoms with E-state index < -0.39 is 40.3 Å². The quantitative estimate of drug-likeness (QED) is 0.375. The molecule has 1 aliphatic rings. The van der Waals surface area contributed by atoms with Crippen LogP contribution in [0.25, 0.3) is 0 Å². The zero-order chi connectivity index (χ0) is 20.6. The third-order valence-electron chi connectivity index (χ3n) is 5.30. The zero-order valence-electron chi connectivity index (χ0n) is 15.8. The molecule has 2 rings (SSSR count). The molecular formula is C19H24N2O6. The number of esters is 1. The molecule has 1 heterocycles. The van der Waals surface area contributed by atoms with Gasteiger partial charge in [-0.05, 0) is 19.3 Å². The minimum Gasteiger partial charge on any atom is -0.493 e. The number of hydrogen-bond donors (Lipinski definition) is 3. The molecule has 1 aromatic rings. The van der Waals surface area contributed by atoms with Gasteiger partial charge in [0, 0.05) is 18.4 Å². The highest BCUT2D eigenvalue weighted by Gasteiger charge is 2.74. The molecule has 3 N–H and O–H groups in total. The van der Waals surface area contributed by atoms with Gasteiger partial charge in [-0.1, -0.05) is 25.8 Å². The van der Waals surface area contributed by atoms with Crippen LogP contribution in [0.4, 0.5) is 0 Å². The summed E-state index contributed by atoms with van der Waals surface area (Å²) in [5, 5.41) is 20.0. The van der Waals surface area contributed by atoms with E-state index in [-0.39, 0.29) is 24.8 Å². The Morgan fingerprint density at radius 3 is 2.59 bits per heavy atom. The molecule has 8 nitrogen and oxygen atoms in total. The lowest BCUT2D eigenvalue weighted by Gasteiger charge is -2.16. The van der Waals surface area contributed by atoms with Gasteiger partial charge in [-0.25, -0.2) is 9.59 Å². The number of imidazole rings is 1. The number of carboxylic acid groups (broad SMARTS) is 1. The van der Waals surface area contributed by atoms with Crippen LogP contribution in [0.2, 0.25) is 0 Å². The van der Waals surface area contributed by atoms with E-state index in [1.807, 2.05) is 0 Å². The average molecular weight is 376 g/mol. The van der Waals surface area contributed by atoms with E-state index in [0.29, 0.717) is 0 Å². The van der Waals surface area contributed by atoms with E-state index in [2.05, 4.69) is 10.9 Å². The first-order valence-electron chi connectivity index (χ1n) is 8.55. The monoisotopic (exact) mass is 376 g/mol. The Morgan fingerprint density at radius 1 is 1.44 bits per heavy atom. The van der Waals surface area contributed by atoms with E-state index in [1.54, 1.807) is 27.7 Å². The Balaban J connectivity index is 2.39. The first-order chi connectivity index (χ1) is 12.5. The van der Waals surface area contributed by atoms with Gasteiger partial charge in [-0.2, -0.15) is 0 Å². The number of hydrogen-bond acceptors (Lipinski definition) is 5. The predicted molar refractivity (Wildman–Crippen MR) is 97.0 cm³/mol. The van der Waals surface area contributed by atoms with Gasteiger partial charge in [0.1, 0.15) is 0 Å². The van der Waals surface area contributed by atoms with Crippen molar-refractivity contribution < 1.29 is 24.5 Å². The molecule has 0 bridgehead atoms. The number of aromatic hydroxyl groups is 1.